The van der Waals surface area contributed by atoms with E-state index in [9.17, 15) is 0 Å². The lowest BCUT2D eigenvalue weighted by Crippen LogP contribution is -2.19. The summed E-state index contributed by atoms with van der Waals surface area (Å²) >= 11 is 0. The van der Waals surface area contributed by atoms with Gasteiger partial charge in [-0.2, -0.15) is 0 Å². The van der Waals surface area contributed by atoms with Crippen molar-refractivity contribution in [1.29, 1.82) is 0 Å². The number of fused-ring (bicyclic) bond motifs is 1. The van der Waals surface area contributed by atoms with Crippen LogP contribution in [0.4, 0.5) is 0 Å². The van der Waals surface area contributed by atoms with Crippen molar-refractivity contribution in [2.24, 2.45) is 5.92 Å². The molecular formula is C9H13NO2. The molecule has 1 atom stereocenters. The summed E-state index contributed by atoms with van der Waals surface area (Å²) in [7, 11) is 0. The second kappa shape index (κ2) is 2.90. The summed E-state index contributed by atoms with van der Waals surface area (Å²) in [6, 6.07) is 0. The molecule has 0 fully saturated rings. The molecule has 0 radical (unpaired) electrons. The first-order valence-electron chi connectivity index (χ1n) is 4.34. The molecule has 0 amide bonds. The zero-order valence-electron chi connectivity index (χ0n) is 7.41. The molecule has 2 rings (SSSR count). The van der Waals surface area contributed by atoms with E-state index in [4.69, 9.17) is 9.26 Å². The second-order valence-electron chi connectivity index (χ2n) is 3.51. The summed E-state index contributed by atoms with van der Waals surface area (Å²) in [5.74, 6) is 0.467. The fourth-order valence-electron chi connectivity index (χ4n) is 1.57. The Balaban J connectivity index is 2.31. The molecule has 0 bridgehead atoms. The predicted molar refractivity (Wildman–Crippen MR) is 43.7 cm³/mol. The molecule has 0 aromatic carbocycles. The number of hydrogen-bond donors (Lipinski definition) is 0. The number of nitrogens with zero attached hydrogens (tertiary/aromatic N) is 1. The smallest absolute Gasteiger partial charge is 0.127 e. The summed E-state index contributed by atoms with van der Waals surface area (Å²) in [4.78, 5) is 0. The van der Waals surface area contributed by atoms with Crippen molar-refractivity contribution >= 4 is 0 Å². The molecule has 1 aromatic rings. The van der Waals surface area contributed by atoms with Crippen molar-refractivity contribution in [3.8, 4) is 0 Å². The van der Waals surface area contributed by atoms with Gasteiger partial charge in [0.15, 0.2) is 0 Å². The zero-order valence-corrected chi connectivity index (χ0v) is 7.41. The van der Waals surface area contributed by atoms with E-state index in [-0.39, 0.29) is 6.10 Å². The summed E-state index contributed by atoms with van der Waals surface area (Å²) in [5.41, 5.74) is 2.20. The van der Waals surface area contributed by atoms with E-state index in [1.165, 1.54) is 5.56 Å². The van der Waals surface area contributed by atoms with Crippen LogP contribution in [0, 0.1) is 5.92 Å². The molecule has 3 nitrogen and oxygen atoms in total. The summed E-state index contributed by atoms with van der Waals surface area (Å²) < 4.78 is 10.5. The molecular weight excluding hydrogens is 154 g/mol. The summed E-state index contributed by atoms with van der Waals surface area (Å²) in [6.45, 7) is 5.06. The normalized spacial score (nSPS) is 22.8. The highest BCUT2D eigenvalue weighted by atomic mass is 16.5. The van der Waals surface area contributed by atoms with Gasteiger partial charge in [-0.3, -0.25) is 0 Å². The van der Waals surface area contributed by atoms with E-state index >= 15 is 0 Å². The lowest BCUT2D eigenvalue weighted by atomic mass is 9.98. The fourth-order valence-corrected chi connectivity index (χ4v) is 1.57. The van der Waals surface area contributed by atoms with Crippen LogP contribution in [0.15, 0.2) is 10.8 Å². The zero-order chi connectivity index (χ0) is 8.55. The summed E-state index contributed by atoms with van der Waals surface area (Å²) in [6.07, 6.45) is 2.79. The highest BCUT2D eigenvalue weighted by Gasteiger charge is 2.26. The van der Waals surface area contributed by atoms with Gasteiger partial charge in [-0.15, -0.1) is 0 Å². The van der Waals surface area contributed by atoms with Crippen molar-refractivity contribution in [2.75, 3.05) is 6.61 Å². The SMILES string of the molecule is CC(C)[C@H]1OCCc2conc21. The molecule has 0 N–H and O–H groups in total. The minimum absolute atomic E-state index is 0.132. The Hall–Kier alpha value is -0.830. The maximum absolute atomic E-state index is 5.60. The first kappa shape index (κ1) is 7.80. The van der Waals surface area contributed by atoms with Crippen LogP contribution in [0.25, 0.3) is 0 Å². The van der Waals surface area contributed by atoms with Crippen LogP contribution in [0.2, 0.25) is 0 Å². The van der Waals surface area contributed by atoms with Gasteiger partial charge in [-0.05, 0) is 5.92 Å². The van der Waals surface area contributed by atoms with E-state index in [1.807, 2.05) is 0 Å². The molecule has 66 valence electrons. The van der Waals surface area contributed by atoms with Crippen LogP contribution in [0.5, 0.6) is 0 Å². The minimum atomic E-state index is 0.132. The summed E-state index contributed by atoms with van der Waals surface area (Å²) in [5, 5.41) is 3.96. The Bertz CT molecular complexity index is 267. The molecule has 3 heteroatoms. The Morgan fingerprint density at radius 3 is 3.17 bits per heavy atom. The average Bonchev–Trinajstić information content (AvgIpc) is 2.49. The van der Waals surface area contributed by atoms with Crippen molar-refractivity contribution in [3.05, 3.63) is 17.5 Å². The molecule has 1 aromatic heterocycles. The van der Waals surface area contributed by atoms with Gasteiger partial charge in [0.1, 0.15) is 18.1 Å². The van der Waals surface area contributed by atoms with Crippen LogP contribution < -0.4 is 0 Å². The molecule has 1 aliphatic heterocycles. The standard InChI is InChI=1S/C9H13NO2/c1-6(2)9-8-7(3-4-11-9)5-12-10-8/h5-6,9H,3-4H2,1-2H3/t9-/m1/s1. The molecule has 0 spiro atoms. The Morgan fingerprint density at radius 2 is 2.42 bits per heavy atom. The number of hydrogen-bond acceptors (Lipinski definition) is 3. The van der Waals surface area contributed by atoms with Gasteiger partial charge in [0, 0.05) is 12.0 Å². The van der Waals surface area contributed by atoms with Gasteiger partial charge in [-0.25, -0.2) is 0 Å². The van der Waals surface area contributed by atoms with E-state index in [2.05, 4.69) is 19.0 Å². The average molecular weight is 167 g/mol. The molecule has 0 aliphatic carbocycles. The minimum Gasteiger partial charge on any atom is -0.371 e. The van der Waals surface area contributed by atoms with E-state index < -0.39 is 0 Å². The molecule has 0 saturated heterocycles. The van der Waals surface area contributed by atoms with Gasteiger partial charge in [0.2, 0.25) is 0 Å². The first-order chi connectivity index (χ1) is 5.79. The Labute approximate surface area is 71.7 Å². The largest absolute Gasteiger partial charge is 0.371 e. The molecule has 12 heavy (non-hydrogen) atoms. The van der Waals surface area contributed by atoms with Gasteiger partial charge >= 0.3 is 0 Å². The van der Waals surface area contributed by atoms with Crippen LogP contribution in [0.1, 0.15) is 31.2 Å². The highest BCUT2D eigenvalue weighted by Crippen LogP contribution is 2.31. The lowest BCUT2D eigenvalue weighted by Gasteiger charge is -2.24. The fraction of sp³-hybridized carbons (Fsp3) is 0.667. The maximum atomic E-state index is 5.60. The number of aromatic nitrogens is 1. The van der Waals surface area contributed by atoms with Crippen LogP contribution in [-0.4, -0.2) is 11.8 Å². The van der Waals surface area contributed by atoms with Crippen molar-refractivity contribution in [1.82, 2.24) is 5.16 Å². The van der Waals surface area contributed by atoms with Gasteiger partial charge < -0.3 is 9.26 Å². The van der Waals surface area contributed by atoms with Crippen LogP contribution >= 0.6 is 0 Å². The monoisotopic (exact) mass is 167 g/mol. The molecule has 0 unspecified atom stereocenters. The van der Waals surface area contributed by atoms with E-state index in [1.54, 1.807) is 6.26 Å². The Morgan fingerprint density at radius 1 is 1.58 bits per heavy atom. The van der Waals surface area contributed by atoms with Crippen LogP contribution in [0.3, 0.4) is 0 Å². The predicted octanol–water partition coefficient (Wildman–Crippen LogP) is 1.94. The third-order valence-corrected chi connectivity index (χ3v) is 2.22. The Kier molecular flexibility index (Phi) is 1.89. The molecule has 0 saturated carbocycles. The van der Waals surface area contributed by atoms with Crippen molar-refractivity contribution < 1.29 is 9.26 Å². The third kappa shape index (κ3) is 1.14. The van der Waals surface area contributed by atoms with E-state index in [0.29, 0.717) is 5.92 Å². The number of rotatable bonds is 1. The maximum Gasteiger partial charge on any atom is 0.127 e. The third-order valence-electron chi connectivity index (χ3n) is 2.22. The molecule has 1 aliphatic rings. The van der Waals surface area contributed by atoms with Crippen LogP contribution in [-0.2, 0) is 11.2 Å². The lowest BCUT2D eigenvalue weighted by molar-refractivity contribution is 0.00732. The topological polar surface area (TPSA) is 35.3 Å². The number of ether oxygens (including phenoxy) is 1. The van der Waals surface area contributed by atoms with E-state index in [0.717, 1.165) is 18.7 Å². The van der Waals surface area contributed by atoms with Gasteiger partial charge in [0.05, 0.1) is 6.61 Å². The quantitative estimate of drug-likeness (QED) is 0.641. The van der Waals surface area contributed by atoms with Crippen molar-refractivity contribution in [3.63, 3.8) is 0 Å². The molecule has 2 heterocycles. The highest BCUT2D eigenvalue weighted by molar-refractivity contribution is 5.19. The first-order valence-corrected chi connectivity index (χ1v) is 4.34. The van der Waals surface area contributed by atoms with Gasteiger partial charge in [0.25, 0.3) is 0 Å². The second-order valence-corrected chi connectivity index (χ2v) is 3.51. The van der Waals surface area contributed by atoms with Gasteiger partial charge in [-0.1, -0.05) is 19.0 Å². The van der Waals surface area contributed by atoms with Crippen molar-refractivity contribution in [2.45, 2.75) is 26.4 Å².